The largest absolute Gasteiger partial charge is 0.347 e. The van der Waals surface area contributed by atoms with Gasteiger partial charge in [0, 0.05) is 24.4 Å². The molecule has 1 heterocycles. The van der Waals surface area contributed by atoms with Gasteiger partial charge in [-0.15, -0.1) is 0 Å². The first-order valence-corrected chi connectivity index (χ1v) is 18.4. The summed E-state index contributed by atoms with van der Waals surface area (Å²) in [7, 11) is 0. The van der Waals surface area contributed by atoms with Crippen molar-refractivity contribution >= 4 is 35.2 Å². The van der Waals surface area contributed by atoms with Crippen molar-refractivity contribution < 1.29 is 28.8 Å². The zero-order chi connectivity index (χ0) is 35.3. The Hall–Kier alpha value is -3.70. The van der Waals surface area contributed by atoms with E-state index in [2.05, 4.69) is 31.2 Å². The molecule has 0 saturated heterocycles. The fourth-order valence-corrected chi connectivity index (χ4v) is 8.36. The predicted octanol–water partition coefficient (Wildman–Crippen LogP) is 3.58. The van der Waals surface area contributed by atoms with E-state index in [4.69, 9.17) is 0 Å². The molecule has 12 heteroatoms. The van der Waals surface area contributed by atoms with Gasteiger partial charge in [-0.3, -0.25) is 33.8 Å². The zero-order valence-corrected chi connectivity index (χ0v) is 29.5. The molecule has 0 bridgehead atoms. The number of hydrogen-bond acceptors (Lipinski definition) is 8. The molecule has 12 nitrogen and oxygen atoms in total. The van der Waals surface area contributed by atoms with E-state index in [1.165, 1.54) is 18.6 Å². The molecule has 1 spiro atoms. The number of amides is 4. The van der Waals surface area contributed by atoms with Gasteiger partial charge in [0.2, 0.25) is 17.6 Å². The molecule has 0 aliphatic heterocycles. The number of Topliss-reactive ketones (excluding diaryl/α,β-unsaturated/α-hetero) is 2. The first kappa shape index (κ1) is 36.6. The van der Waals surface area contributed by atoms with E-state index in [-0.39, 0.29) is 41.2 Å². The fraction of sp³-hybridized carbons (Fsp3) is 0.730. The Morgan fingerprint density at radius 1 is 0.878 bits per heavy atom. The van der Waals surface area contributed by atoms with Crippen LogP contribution in [0.1, 0.15) is 128 Å². The van der Waals surface area contributed by atoms with Gasteiger partial charge in [-0.05, 0) is 68.1 Å². The average molecular weight is 679 g/mol. The molecule has 0 radical (unpaired) electrons. The predicted molar refractivity (Wildman–Crippen MR) is 182 cm³/mol. The molecule has 1 aromatic heterocycles. The summed E-state index contributed by atoms with van der Waals surface area (Å²) >= 11 is 0. The standard InChI is InChI=1S/C37H54N6O6/c1-5-25(30(45)35(49)40-23-14-15-23)41-33(47)27-24(20-37(27)16-10-7-11-17-37)29(44)31(36(2,3)4)43-34(48)28(22-12-8-6-9-13-22)42-32(46)26-21-38-18-19-39-26/h18-19,21-25,27-28,31H,5-17,20H2,1-4H3,(H,40,49)(H,41,47)(H,42,46)(H,43,48)/t24?,25?,27?,28-,31+/m0/s1. The number of nitrogens with one attached hydrogen (secondary N) is 4. The number of hydrogen-bond donors (Lipinski definition) is 4. The van der Waals surface area contributed by atoms with Gasteiger partial charge in [0.15, 0.2) is 5.78 Å². The number of carbonyl (C=O) groups excluding carboxylic acids is 6. The monoisotopic (exact) mass is 678 g/mol. The normalized spacial score (nSPS) is 24.0. The molecule has 1 aromatic rings. The molecule has 5 rings (SSSR count). The Morgan fingerprint density at radius 3 is 2.14 bits per heavy atom. The molecule has 4 aliphatic rings. The third-order valence-electron chi connectivity index (χ3n) is 11.3. The number of carbonyl (C=O) groups is 6. The lowest BCUT2D eigenvalue weighted by Gasteiger charge is -2.57. The minimum absolute atomic E-state index is 0.0198. The second kappa shape index (κ2) is 15.5. The minimum atomic E-state index is -0.976. The van der Waals surface area contributed by atoms with Crippen molar-refractivity contribution in [2.24, 2.45) is 28.6 Å². The van der Waals surface area contributed by atoms with E-state index in [0.717, 1.165) is 77.0 Å². The minimum Gasteiger partial charge on any atom is -0.347 e. The summed E-state index contributed by atoms with van der Waals surface area (Å²) in [6.07, 6.45) is 15.8. The molecule has 49 heavy (non-hydrogen) atoms. The number of aromatic nitrogens is 2. The smallest absolute Gasteiger partial charge is 0.289 e. The Balaban J connectivity index is 1.35. The van der Waals surface area contributed by atoms with Gasteiger partial charge < -0.3 is 21.3 Å². The van der Waals surface area contributed by atoms with Crippen molar-refractivity contribution in [3.8, 4) is 0 Å². The van der Waals surface area contributed by atoms with Crippen LogP contribution in [0, 0.1) is 28.6 Å². The summed E-state index contributed by atoms with van der Waals surface area (Å²) in [5.74, 6) is -4.29. The highest BCUT2D eigenvalue weighted by Crippen LogP contribution is 2.60. The summed E-state index contributed by atoms with van der Waals surface area (Å²) < 4.78 is 0. The molecule has 4 aliphatic carbocycles. The third kappa shape index (κ3) is 8.55. The number of ketones is 2. The fourth-order valence-electron chi connectivity index (χ4n) is 8.36. The molecular weight excluding hydrogens is 624 g/mol. The quantitative estimate of drug-likeness (QED) is 0.229. The van der Waals surface area contributed by atoms with E-state index in [1.807, 2.05) is 20.8 Å². The lowest BCUT2D eigenvalue weighted by Crippen LogP contribution is -2.65. The maximum absolute atomic E-state index is 14.6. The summed E-state index contributed by atoms with van der Waals surface area (Å²) in [6.45, 7) is 7.41. The van der Waals surface area contributed by atoms with Gasteiger partial charge in [0.05, 0.1) is 24.2 Å². The summed E-state index contributed by atoms with van der Waals surface area (Å²) in [5, 5.41) is 11.5. The summed E-state index contributed by atoms with van der Waals surface area (Å²) in [4.78, 5) is 89.7. The average Bonchev–Trinajstić information content (AvgIpc) is 3.91. The number of rotatable bonds is 13. The van der Waals surface area contributed by atoms with E-state index >= 15 is 0 Å². The maximum Gasteiger partial charge on any atom is 0.289 e. The Morgan fingerprint density at radius 2 is 1.55 bits per heavy atom. The first-order chi connectivity index (χ1) is 23.3. The van der Waals surface area contributed by atoms with Crippen LogP contribution in [0.3, 0.4) is 0 Å². The topological polar surface area (TPSA) is 176 Å². The van der Waals surface area contributed by atoms with Gasteiger partial charge in [0.1, 0.15) is 11.7 Å². The van der Waals surface area contributed by atoms with Gasteiger partial charge >= 0.3 is 0 Å². The Bertz CT molecular complexity index is 1390. The van der Waals surface area contributed by atoms with Gasteiger partial charge in [0.25, 0.3) is 11.8 Å². The van der Waals surface area contributed by atoms with Crippen LogP contribution in [-0.4, -0.2) is 69.3 Å². The van der Waals surface area contributed by atoms with Crippen LogP contribution in [0.2, 0.25) is 0 Å². The lowest BCUT2D eigenvalue weighted by atomic mass is 9.47. The Kier molecular flexibility index (Phi) is 11.5. The molecule has 4 saturated carbocycles. The highest BCUT2D eigenvalue weighted by Gasteiger charge is 2.61. The van der Waals surface area contributed by atoms with Gasteiger partial charge in [-0.25, -0.2) is 4.98 Å². The molecule has 268 valence electrons. The number of nitrogens with zero attached hydrogens (tertiary/aromatic N) is 2. The first-order valence-electron chi connectivity index (χ1n) is 18.4. The molecule has 4 amide bonds. The third-order valence-corrected chi connectivity index (χ3v) is 11.3. The summed E-state index contributed by atoms with van der Waals surface area (Å²) in [5.41, 5.74) is -0.950. The van der Waals surface area contributed by atoms with Crippen molar-refractivity contribution in [1.29, 1.82) is 0 Å². The molecule has 4 fully saturated rings. The molecule has 4 N–H and O–H groups in total. The van der Waals surface area contributed by atoms with Gasteiger partial charge in [-0.2, -0.15) is 0 Å². The van der Waals surface area contributed by atoms with Crippen LogP contribution in [0.4, 0.5) is 0 Å². The highest BCUT2D eigenvalue weighted by atomic mass is 16.2. The van der Waals surface area contributed by atoms with E-state index < -0.39 is 58.9 Å². The maximum atomic E-state index is 14.6. The second-order valence-corrected chi connectivity index (χ2v) is 15.9. The molecule has 5 atom stereocenters. The van der Waals surface area contributed by atoms with Crippen LogP contribution in [-0.2, 0) is 24.0 Å². The molecule has 0 aromatic carbocycles. The highest BCUT2D eigenvalue weighted by molar-refractivity contribution is 6.38. The van der Waals surface area contributed by atoms with Crippen molar-refractivity contribution in [3.63, 3.8) is 0 Å². The van der Waals surface area contributed by atoms with E-state index in [9.17, 15) is 28.8 Å². The van der Waals surface area contributed by atoms with Crippen LogP contribution < -0.4 is 21.3 Å². The van der Waals surface area contributed by atoms with Crippen LogP contribution >= 0.6 is 0 Å². The van der Waals surface area contributed by atoms with E-state index in [0.29, 0.717) is 6.42 Å². The Labute approximate surface area is 289 Å². The second-order valence-electron chi connectivity index (χ2n) is 15.9. The summed E-state index contributed by atoms with van der Waals surface area (Å²) in [6, 6.07) is -2.74. The van der Waals surface area contributed by atoms with Crippen molar-refractivity contribution in [2.45, 2.75) is 142 Å². The molecule has 3 unspecified atom stereocenters. The lowest BCUT2D eigenvalue weighted by molar-refractivity contribution is -0.162. The van der Waals surface area contributed by atoms with Gasteiger partial charge in [-0.1, -0.05) is 66.2 Å². The van der Waals surface area contributed by atoms with Crippen LogP contribution in [0.25, 0.3) is 0 Å². The zero-order valence-electron chi connectivity index (χ0n) is 29.5. The molecular formula is C37H54N6O6. The SMILES string of the molecule is CCC(NC(=O)C1C(C(=O)[C@@H](NC(=O)[C@@H](NC(=O)c2cnccn2)C2CCCCC2)C(C)(C)C)CC12CCCCC2)C(=O)C(=O)NC1CC1. The van der Waals surface area contributed by atoms with Crippen LogP contribution in [0.15, 0.2) is 18.6 Å². The van der Waals surface area contributed by atoms with Crippen molar-refractivity contribution in [1.82, 2.24) is 31.2 Å². The van der Waals surface area contributed by atoms with Crippen molar-refractivity contribution in [2.75, 3.05) is 0 Å². The van der Waals surface area contributed by atoms with Crippen molar-refractivity contribution in [3.05, 3.63) is 24.3 Å². The van der Waals surface area contributed by atoms with E-state index in [1.54, 1.807) is 6.92 Å². The van der Waals surface area contributed by atoms with Crippen LogP contribution in [0.5, 0.6) is 0 Å².